The Hall–Kier alpha value is -3.29. The summed E-state index contributed by atoms with van der Waals surface area (Å²) in [5.74, 6) is 1.73. The van der Waals surface area contributed by atoms with E-state index in [2.05, 4.69) is 60.3 Å². The predicted molar refractivity (Wildman–Crippen MR) is 208 cm³/mol. The lowest BCUT2D eigenvalue weighted by Crippen LogP contribution is -2.46. The molecule has 2 atom stereocenters. The average molecular weight is 700 g/mol. The minimum absolute atomic E-state index is 0.183. The molecule has 49 heavy (non-hydrogen) atoms. The van der Waals surface area contributed by atoms with E-state index in [9.17, 15) is 9.59 Å². The Morgan fingerprint density at radius 1 is 1.16 bits per heavy atom. The molecule has 1 aliphatic heterocycles. The Morgan fingerprint density at radius 2 is 1.86 bits per heavy atom. The van der Waals surface area contributed by atoms with Crippen LogP contribution in [0.5, 0.6) is 0 Å². The summed E-state index contributed by atoms with van der Waals surface area (Å²) in [7, 11) is 1.44. The zero-order chi connectivity index (χ0) is 37.2. The van der Waals surface area contributed by atoms with Gasteiger partial charge in [-0.2, -0.15) is 5.26 Å². The second-order valence-corrected chi connectivity index (χ2v) is 18.4. The van der Waals surface area contributed by atoms with Gasteiger partial charge >= 0.3 is 6.09 Å². The maximum Gasteiger partial charge on any atom is 0.410 e. The van der Waals surface area contributed by atoms with Crippen LogP contribution in [-0.4, -0.2) is 83.2 Å². The molecule has 1 aromatic carbocycles. The molecule has 1 aromatic heterocycles. The lowest BCUT2D eigenvalue weighted by atomic mass is 9.83. The van der Waals surface area contributed by atoms with Crippen molar-refractivity contribution in [2.45, 2.75) is 118 Å². The fourth-order valence-electron chi connectivity index (χ4n) is 5.60. The molecule has 1 saturated heterocycles. The number of imidazole rings is 1. The van der Waals surface area contributed by atoms with Crippen molar-refractivity contribution in [3.05, 3.63) is 53.1 Å². The van der Waals surface area contributed by atoms with Crippen molar-refractivity contribution in [1.82, 2.24) is 14.5 Å². The lowest BCUT2D eigenvalue weighted by Gasteiger charge is -2.38. The van der Waals surface area contributed by atoms with Crippen molar-refractivity contribution in [2.24, 2.45) is 0 Å². The molecule has 1 N–H and O–H groups in total. The fraction of sp³-hybridized carbons (Fsp3) is 0.641. The first kappa shape index (κ1) is 43.7. The summed E-state index contributed by atoms with van der Waals surface area (Å²) in [6.45, 7) is 17.6. The number of nitrogens with zero attached hydrogens (tertiary/aromatic N) is 4. The predicted octanol–water partition coefficient (Wildman–Crippen LogP) is 9.48. The Bertz CT molecular complexity index is 1370. The number of likely N-dealkylation sites (tertiary alicyclic amines) is 1. The highest BCUT2D eigenvalue weighted by Gasteiger charge is 2.32. The number of amides is 1. The zero-order valence-electron chi connectivity index (χ0n) is 32.5. The normalized spacial score (nSPS) is 17.7. The van der Waals surface area contributed by atoms with Crippen LogP contribution in [0.4, 0.5) is 10.5 Å². The van der Waals surface area contributed by atoms with Gasteiger partial charge in [0.2, 0.25) is 0 Å². The number of allylic oxidation sites excluding steroid dienone is 2. The van der Waals surface area contributed by atoms with Gasteiger partial charge in [-0.15, -0.1) is 0 Å². The maximum atomic E-state index is 12.5. The van der Waals surface area contributed by atoms with Crippen LogP contribution in [0.15, 0.2) is 30.5 Å². The second-order valence-electron chi connectivity index (χ2n) is 13.8. The van der Waals surface area contributed by atoms with Gasteiger partial charge in [-0.1, -0.05) is 39.8 Å². The lowest BCUT2D eigenvalue weighted by molar-refractivity contribution is 0.0103. The highest BCUT2D eigenvalue weighted by atomic mass is 32.3. The van der Waals surface area contributed by atoms with Gasteiger partial charge < -0.3 is 24.3 Å². The molecule has 0 radical (unpaired) electrons. The Labute approximate surface area is 299 Å². The highest BCUT2D eigenvalue weighted by molar-refractivity contribution is 8.32. The molecule has 1 fully saturated rings. The number of hydrogen-bond acceptors (Lipinski definition) is 7. The van der Waals surface area contributed by atoms with Crippen molar-refractivity contribution in [1.29, 1.82) is 5.26 Å². The molecule has 0 saturated carbocycles. The van der Waals surface area contributed by atoms with Gasteiger partial charge in [-0.3, -0.25) is 4.79 Å². The summed E-state index contributed by atoms with van der Waals surface area (Å²) in [6, 6.07) is 8.97. The van der Waals surface area contributed by atoms with Crippen molar-refractivity contribution in [2.75, 3.05) is 50.0 Å². The molecule has 2 heterocycles. The van der Waals surface area contributed by atoms with Gasteiger partial charge in [0.15, 0.2) is 17.8 Å². The number of carbonyl (C=O) groups is 2. The summed E-state index contributed by atoms with van der Waals surface area (Å²) in [5.41, 5.74) is 5.25. The van der Waals surface area contributed by atoms with E-state index in [1.54, 1.807) is 4.57 Å². The summed E-state index contributed by atoms with van der Waals surface area (Å²) >= 11 is 0. The van der Waals surface area contributed by atoms with Crippen LogP contribution < -0.4 is 5.32 Å². The maximum absolute atomic E-state index is 12.5. The number of aromatic nitrogens is 2. The molecule has 1 aliphatic carbocycles. The molecule has 4 rings (SSSR count). The average Bonchev–Trinajstić information content (AvgIpc) is 3.50. The van der Waals surface area contributed by atoms with Crippen LogP contribution in [0.25, 0.3) is 5.57 Å². The topological polar surface area (TPSA) is 109 Å². The first-order chi connectivity index (χ1) is 23.2. The zero-order valence-corrected chi connectivity index (χ0v) is 33.3. The summed E-state index contributed by atoms with van der Waals surface area (Å²) < 4.78 is 12.6. The largest absolute Gasteiger partial charge is 0.444 e. The molecule has 0 spiro atoms. The van der Waals surface area contributed by atoms with Gasteiger partial charge in [0.1, 0.15) is 18.4 Å². The molecule has 0 bridgehead atoms. The highest BCUT2D eigenvalue weighted by Crippen LogP contribution is 2.38. The fourth-order valence-corrected chi connectivity index (χ4v) is 6.22. The number of benzene rings is 1. The molecule has 2 unspecified atom stereocenters. The molecule has 2 aliphatic rings. The number of anilines is 1. The number of rotatable bonds is 9. The van der Waals surface area contributed by atoms with Crippen LogP contribution in [0.1, 0.15) is 127 Å². The van der Waals surface area contributed by atoms with Gasteiger partial charge in [-0.05, 0) is 114 Å². The molecule has 1 amide bonds. The van der Waals surface area contributed by atoms with E-state index in [0.29, 0.717) is 18.8 Å². The number of nitriles is 1. The second kappa shape index (κ2) is 21.7. The van der Waals surface area contributed by atoms with Gasteiger partial charge in [0.25, 0.3) is 0 Å². The quantitative estimate of drug-likeness (QED) is 0.205. The SMILES string of the molecule is CC.CC.CNc1ccc(C2CCN(C(=O)OC(C)(C)C)C(C)C2)cc1C1=CCCCC1.CS(C)(C)CCOCn1cc(C#N)nc1C=O. The first-order valence-corrected chi connectivity index (χ1v) is 20.9. The summed E-state index contributed by atoms with van der Waals surface area (Å²) in [4.78, 5) is 28.9. The van der Waals surface area contributed by atoms with E-state index in [4.69, 9.17) is 14.7 Å². The van der Waals surface area contributed by atoms with Crippen molar-refractivity contribution < 1.29 is 19.1 Å². The third-order valence-corrected chi connectivity index (χ3v) is 9.41. The first-order valence-electron chi connectivity index (χ1n) is 17.9. The Morgan fingerprint density at radius 3 is 2.39 bits per heavy atom. The summed E-state index contributed by atoms with van der Waals surface area (Å²) in [5, 5.41) is 12.0. The monoisotopic (exact) mass is 699 g/mol. The number of nitrogens with one attached hydrogen (secondary N) is 1. The third kappa shape index (κ3) is 15.0. The third-order valence-electron chi connectivity index (χ3n) is 8.02. The van der Waals surface area contributed by atoms with Crippen LogP contribution in [-0.2, 0) is 16.2 Å². The van der Waals surface area contributed by atoms with Gasteiger partial charge in [0.05, 0.1) is 6.61 Å². The van der Waals surface area contributed by atoms with Crippen LogP contribution in [0.2, 0.25) is 0 Å². The smallest absolute Gasteiger partial charge is 0.410 e. The van der Waals surface area contributed by atoms with Crippen LogP contribution in [0.3, 0.4) is 0 Å². The van der Waals surface area contributed by atoms with Gasteiger partial charge in [-0.25, -0.2) is 19.8 Å². The molecule has 276 valence electrons. The molecular formula is C39H65N5O4S. The number of ether oxygens (including phenoxy) is 2. The van der Waals surface area contributed by atoms with E-state index >= 15 is 0 Å². The Kier molecular flexibility index (Phi) is 19.4. The number of hydrogen-bond donors (Lipinski definition) is 1. The van der Waals surface area contributed by atoms with E-state index in [0.717, 1.165) is 25.1 Å². The standard InChI is InChI=1S/C24H36N2O2.C11H17N3O2S.2C2H6/c1-17-15-20(13-14-26(17)23(27)28-24(2,3)4)19-11-12-22(25-5)21(16-19)18-9-7-6-8-10-18;1-17(2,3)5-4-16-9-14-7-10(6-12)13-11(14)8-15;2*1-2/h9,11-12,16-17,20,25H,6-8,10,13-15H2,1-5H3;7-8H,4-5,9H2,1-3H3;2*1-2H3. The molecular weight excluding hydrogens is 635 g/mol. The van der Waals surface area contributed by atoms with Crippen LogP contribution in [0, 0.1) is 11.3 Å². The van der Waals surface area contributed by atoms with Crippen LogP contribution >= 0.6 is 10.0 Å². The molecule has 10 heteroatoms. The van der Waals surface area contributed by atoms with E-state index in [1.165, 1.54) is 54.3 Å². The van der Waals surface area contributed by atoms with E-state index in [1.807, 2.05) is 66.5 Å². The van der Waals surface area contributed by atoms with Crippen molar-refractivity contribution in [3.8, 4) is 6.07 Å². The van der Waals surface area contributed by atoms with E-state index in [-0.39, 0.29) is 30.4 Å². The Balaban J connectivity index is 0.000000491. The summed E-state index contributed by atoms with van der Waals surface area (Å²) in [6.07, 6.45) is 18.0. The molecule has 2 aromatic rings. The number of aldehydes is 1. The van der Waals surface area contributed by atoms with E-state index < -0.39 is 15.6 Å². The minimum atomic E-state index is -0.565. The van der Waals surface area contributed by atoms with Gasteiger partial charge in [0, 0.05) is 42.8 Å². The minimum Gasteiger partial charge on any atom is -0.444 e. The van der Waals surface area contributed by atoms with Crippen molar-refractivity contribution in [3.63, 3.8) is 0 Å². The number of piperidine rings is 1. The van der Waals surface area contributed by atoms with Crippen molar-refractivity contribution >= 4 is 33.7 Å². The molecule has 9 nitrogen and oxygen atoms in total. The number of carbonyl (C=O) groups excluding carboxylic acids is 2.